The van der Waals surface area contributed by atoms with Crippen LogP contribution in [0, 0.1) is 0 Å². The second-order valence-electron chi connectivity index (χ2n) is 4.25. The van der Waals surface area contributed by atoms with Crippen LogP contribution in [0.4, 0.5) is 0 Å². The molecule has 0 spiro atoms. The second kappa shape index (κ2) is 6.48. The minimum atomic E-state index is 0.126. The Hall–Kier alpha value is -0.0900. The predicted molar refractivity (Wildman–Crippen MR) is 64.2 cm³/mol. The lowest BCUT2D eigenvalue weighted by Gasteiger charge is -2.34. The molecule has 0 aromatic heterocycles. The first-order valence-electron chi connectivity index (χ1n) is 5.62. The van der Waals surface area contributed by atoms with Crippen LogP contribution < -0.4 is 0 Å². The number of halogens is 1. The normalized spacial score (nSPS) is 22.1. The smallest absolute Gasteiger partial charge is 0.248 e. The quantitative estimate of drug-likeness (QED) is 0.738. The fourth-order valence-corrected chi connectivity index (χ4v) is 2.48. The molecule has 0 saturated carbocycles. The van der Waals surface area contributed by atoms with Crippen LogP contribution in [0.5, 0.6) is 0 Å². The Morgan fingerprint density at radius 3 is 2.87 bits per heavy atom. The van der Waals surface area contributed by atoms with Gasteiger partial charge in [0, 0.05) is 17.9 Å². The number of piperidine rings is 1. The van der Waals surface area contributed by atoms with E-state index >= 15 is 0 Å². The van der Waals surface area contributed by atoms with Crippen molar-refractivity contribution in [1.29, 1.82) is 0 Å². The fourth-order valence-electron chi connectivity index (χ4n) is 1.81. The lowest BCUT2D eigenvalue weighted by molar-refractivity contribution is -0.140. The SMILES string of the molecule is CC(C)OCC(=O)N1CCCCC1CBr. The van der Waals surface area contributed by atoms with Crippen LogP contribution in [0.25, 0.3) is 0 Å². The first-order valence-corrected chi connectivity index (χ1v) is 6.74. The maximum Gasteiger partial charge on any atom is 0.248 e. The zero-order chi connectivity index (χ0) is 11.3. The van der Waals surface area contributed by atoms with Crippen molar-refractivity contribution < 1.29 is 9.53 Å². The van der Waals surface area contributed by atoms with Gasteiger partial charge < -0.3 is 9.64 Å². The summed E-state index contributed by atoms with van der Waals surface area (Å²) in [7, 11) is 0. The van der Waals surface area contributed by atoms with Crippen molar-refractivity contribution in [1.82, 2.24) is 4.90 Å². The summed E-state index contributed by atoms with van der Waals surface area (Å²) in [5, 5.41) is 0.875. The van der Waals surface area contributed by atoms with E-state index in [4.69, 9.17) is 4.74 Å². The molecule has 0 aliphatic carbocycles. The third-order valence-corrected chi connectivity index (χ3v) is 3.41. The molecule has 0 N–H and O–H groups in total. The van der Waals surface area contributed by atoms with Gasteiger partial charge in [-0.3, -0.25) is 4.79 Å². The van der Waals surface area contributed by atoms with E-state index in [1.165, 1.54) is 6.42 Å². The third-order valence-electron chi connectivity index (χ3n) is 2.67. The van der Waals surface area contributed by atoms with Crippen LogP contribution in [-0.4, -0.2) is 41.4 Å². The lowest BCUT2D eigenvalue weighted by atomic mass is 10.0. The average molecular weight is 278 g/mol. The van der Waals surface area contributed by atoms with Crippen LogP contribution in [0.15, 0.2) is 0 Å². The van der Waals surface area contributed by atoms with E-state index in [1.807, 2.05) is 18.7 Å². The van der Waals surface area contributed by atoms with Crippen LogP contribution in [0.2, 0.25) is 0 Å². The molecule has 0 aromatic rings. The largest absolute Gasteiger partial charge is 0.369 e. The van der Waals surface area contributed by atoms with Gasteiger partial charge in [0.2, 0.25) is 5.91 Å². The molecule has 1 rings (SSSR count). The van der Waals surface area contributed by atoms with Crippen LogP contribution in [-0.2, 0) is 9.53 Å². The predicted octanol–water partition coefficient (Wildman–Crippen LogP) is 2.19. The summed E-state index contributed by atoms with van der Waals surface area (Å²) in [6.45, 7) is 5.01. The van der Waals surface area contributed by atoms with Crippen molar-refractivity contribution in [2.75, 3.05) is 18.5 Å². The molecular formula is C11H20BrNO2. The molecule has 0 radical (unpaired) electrons. The molecule has 15 heavy (non-hydrogen) atoms. The molecule has 1 fully saturated rings. The zero-order valence-corrected chi connectivity index (χ0v) is 11.1. The minimum Gasteiger partial charge on any atom is -0.369 e. The first kappa shape index (κ1) is 13.0. The van der Waals surface area contributed by atoms with Crippen molar-refractivity contribution in [2.24, 2.45) is 0 Å². The van der Waals surface area contributed by atoms with E-state index in [0.29, 0.717) is 6.04 Å². The standard InChI is InChI=1S/C11H20BrNO2/c1-9(2)15-8-11(14)13-6-4-3-5-10(13)7-12/h9-10H,3-8H2,1-2H3. The van der Waals surface area contributed by atoms with Crippen molar-refractivity contribution in [3.05, 3.63) is 0 Å². The molecule has 1 unspecified atom stereocenters. The zero-order valence-electron chi connectivity index (χ0n) is 9.54. The Morgan fingerprint density at radius 2 is 2.27 bits per heavy atom. The van der Waals surface area contributed by atoms with Gasteiger partial charge >= 0.3 is 0 Å². The van der Waals surface area contributed by atoms with Gasteiger partial charge in [0.15, 0.2) is 0 Å². The Labute approximate surface area is 100 Å². The molecule has 1 amide bonds. The molecular weight excluding hydrogens is 258 g/mol. The van der Waals surface area contributed by atoms with Gasteiger partial charge in [-0.2, -0.15) is 0 Å². The third kappa shape index (κ3) is 4.11. The Morgan fingerprint density at radius 1 is 1.53 bits per heavy atom. The highest BCUT2D eigenvalue weighted by Gasteiger charge is 2.25. The molecule has 1 saturated heterocycles. The summed E-state index contributed by atoms with van der Waals surface area (Å²) >= 11 is 3.46. The van der Waals surface area contributed by atoms with Crippen molar-refractivity contribution in [2.45, 2.75) is 45.3 Å². The second-order valence-corrected chi connectivity index (χ2v) is 4.90. The highest BCUT2D eigenvalue weighted by molar-refractivity contribution is 9.09. The Bertz CT molecular complexity index is 209. The van der Waals surface area contributed by atoms with Gasteiger partial charge in [0.05, 0.1) is 6.10 Å². The number of amides is 1. The monoisotopic (exact) mass is 277 g/mol. The Kier molecular flexibility index (Phi) is 5.61. The number of carbonyl (C=O) groups excluding carboxylic acids is 1. The minimum absolute atomic E-state index is 0.126. The van der Waals surface area contributed by atoms with Gasteiger partial charge in [0.25, 0.3) is 0 Å². The van der Waals surface area contributed by atoms with E-state index in [0.717, 1.165) is 24.7 Å². The number of likely N-dealkylation sites (tertiary alicyclic amines) is 1. The number of carbonyl (C=O) groups is 1. The van der Waals surface area contributed by atoms with Crippen LogP contribution >= 0.6 is 15.9 Å². The molecule has 1 atom stereocenters. The molecule has 1 aliphatic rings. The van der Waals surface area contributed by atoms with Gasteiger partial charge in [0.1, 0.15) is 6.61 Å². The van der Waals surface area contributed by atoms with Gasteiger partial charge in [-0.25, -0.2) is 0 Å². The number of ether oxygens (including phenoxy) is 1. The molecule has 0 aromatic carbocycles. The van der Waals surface area contributed by atoms with Crippen molar-refractivity contribution in [3.63, 3.8) is 0 Å². The van der Waals surface area contributed by atoms with E-state index in [2.05, 4.69) is 15.9 Å². The average Bonchev–Trinajstić information content (AvgIpc) is 2.25. The maximum atomic E-state index is 11.9. The highest BCUT2D eigenvalue weighted by atomic mass is 79.9. The summed E-state index contributed by atoms with van der Waals surface area (Å²) < 4.78 is 5.34. The molecule has 1 aliphatic heterocycles. The van der Waals surface area contributed by atoms with E-state index in [-0.39, 0.29) is 18.6 Å². The summed E-state index contributed by atoms with van der Waals surface area (Å²) in [4.78, 5) is 13.8. The van der Waals surface area contributed by atoms with Gasteiger partial charge in [-0.15, -0.1) is 0 Å². The topological polar surface area (TPSA) is 29.5 Å². The first-order chi connectivity index (χ1) is 7.15. The fraction of sp³-hybridized carbons (Fsp3) is 0.909. The van der Waals surface area contributed by atoms with Crippen LogP contribution in [0.1, 0.15) is 33.1 Å². The lowest BCUT2D eigenvalue weighted by Crippen LogP contribution is -2.46. The summed E-state index contributed by atoms with van der Waals surface area (Å²) in [5.41, 5.74) is 0. The highest BCUT2D eigenvalue weighted by Crippen LogP contribution is 2.18. The Balaban J connectivity index is 2.41. The van der Waals surface area contributed by atoms with E-state index in [9.17, 15) is 4.79 Å². The summed E-state index contributed by atoms with van der Waals surface area (Å²) in [6, 6.07) is 0.363. The number of nitrogens with zero attached hydrogens (tertiary/aromatic N) is 1. The number of rotatable bonds is 4. The van der Waals surface area contributed by atoms with E-state index in [1.54, 1.807) is 0 Å². The van der Waals surface area contributed by atoms with Gasteiger partial charge in [-0.05, 0) is 33.1 Å². The summed E-state index contributed by atoms with van der Waals surface area (Å²) in [6.07, 6.45) is 3.59. The number of alkyl halides is 1. The van der Waals surface area contributed by atoms with Crippen LogP contribution in [0.3, 0.4) is 0 Å². The summed E-state index contributed by atoms with van der Waals surface area (Å²) in [5.74, 6) is 0.132. The van der Waals surface area contributed by atoms with Crippen molar-refractivity contribution >= 4 is 21.8 Å². The molecule has 3 nitrogen and oxygen atoms in total. The molecule has 88 valence electrons. The van der Waals surface area contributed by atoms with Gasteiger partial charge in [-0.1, -0.05) is 15.9 Å². The molecule has 1 heterocycles. The maximum absolute atomic E-state index is 11.9. The van der Waals surface area contributed by atoms with Crippen molar-refractivity contribution in [3.8, 4) is 0 Å². The van der Waals surface area contributed by atoms with E-state index < -0.39 is 0 Å². The number of hydrogen-bond donors (Lipinski definition) is 0. The molecule has 4 heteroatoms. The number of hydrogen-bond acceptors (Lipinski definition) is 2. The molecule has 0 bridgehead atoms.